The summed E-state index contributed by atoms with van der Waals surface area (Å²) in [6.07, 6.45) is 5.16. The van der Waals surface area contributed by atoms with Crippen molar-refractivity contribution in [3.05, 3.63) is 24.3 Å². The average molecular weight is 263 g/mol. The molecule has 2 nitrogen and oxygen atoms in total. The maximum absolute atomic E-state index is 6.00. The van der Waals surface area contributed by atoms with Crippen molar-refractivity contribution in [1.82, 2.24) is 0 Å². The minimum Gasteiger partial charge on any atom is -0.375 e. The van der Waals surface area contributed by atoms with Crippen LogP contribution in [0.3, 0.4) is 0 Å². The first-order valence-corrected chi connectivity index (χ1v) is 7.28. The Morgan fingerprint density at radius 2 is 2.11 bits per heavy atom. The van der Waals surface area contributed by atoms with Gasteiger partial charge in [0.15, 0.2) is 0 Å². The molecular formula is C17H29NO. The summed E-state index contributed by atoms with van der Waals surface area (Å²) in [7, 11) is 0. The Kier molecular flexibility index (Phi) is 5.54. The van der Waals surface area contributed by atoms with Gasteiger partial charge in [-0.15, -0.1) is 6.58 Å². The molecule has 2 unspecified atom stereocenters. The Hall–Kier alpha value is -0.890. The third kappa shape index (κ3) is 4.31. The van der Waals surface area contributed by atoms with Crippen LogP contribution in [-0.4, -0.2) is 24.0 Å². The maximum atomic E-state index is 6.00. The predicted octanol–water partition coefficient (Wildman–Crippen LogP) is 4.42. The van der Waals surface area contributed by atoms with Crippen molar-refractivity contribution < 1.29 is 4.74 Å². The van der Waals surface area contributed by atoms with Gasteiger partial charge in [0.25, 0.3) is 0 Å². The van der Waals surface area contributed by atoms with Crippen LogP contribution in [0.15, 0.2) is 29.3 Å². The van der Waals surface area contributed by atoms with E-state index in [4.69, 9.17) is 4.74 Å². The van der Waals surface area contributed by atoms with Crippen LogP contribution in [0.25, 0.3) is 0 Å². The van der Waals surface area contributed by atoms with Crippen LogP contribution < -0.4 is 0 Å². The van der Waals surface area contributed by atoms with E-state index < -0.39 is 0 Å². The highest BCUT2D eigenvalue weighted by molar-refractivity contribution is 5.98. The molecule has 0 aromatic heterocycles. The molecule has 19 heavy (non-hydrogen) atoms. The van der Waals surface area contributed by atoms with E-state index in [9.17, 15) is 0 Å². The fourth-order valence-corrected chi connectivity index (χ4v) is 2.98. The highest BCUT2D eigenvalue weighted by atomic mass is 16.5. The number of nitrogens with zero attached hydrogens (tertiary/aromatic N) is 1. The van der Waals surface area contributed by atoms with Crippen LogP contribution >= 0.6 is 0 Å². The lowest BCUT2D eigenvalue weighted by Gasteiger charge is -2.40. The zero-order valence-electron chi connectivity index (χ0n) is 13.4. The molecule has 0 saturated carbocycles. The van der Waals surface area contributed by atoms with Gasteiger partial charge in [-0.1, -0.05) is 19.1 Å². The number of aliphatic imine (C=N–C) groups is 1. The van der Waals surface area contributed by atoms with Crippen molar-refractivity contribution in [2.75, 3.05) is 6.61 Å². The summed E-state index contributed by atoms with van der Waals surface area (Å²) in [5.41, 5.74) is 2.46. The molecule has 1 saturated heterocycles. The molecule has 3 atom stereocenters. The lowest BCUT2D eigenvalue weighted by atomic mass is 9.77. The Morgan fingerprint density at radius 1 is 1.47 bits per heavy atom. The topological polar surface area (TPSA) is 21.6 Å². The molecule has 0 amide bonds. The molecule has 108 valence electrons. The molecule has 0 spiro atoms. The molecule has 0 aromatic carbocycles. The van der Waals surface area contributed by atoms with E-state index >= 15 is 0 Å². The molecule has 2 heteroatoms. The SMILES string of the molecule is C=CC(C)N=C(C)/C(=C\C)C1COC(C)(C)C[C@H]1C. The van der Waals surface area contributed by atoms with Gasteiger partial charge in [0, 0.05) is 11.6 Å². The van der Waals surface area contributed by atoms with Gasteiger partial charge >= 0.3 is 0 Å². The van der Waals surface area contributed by atoms with Gasteiger partial charge < -0.3 is 4.74 Å². The molecule has 0 aromatic rings. The summed E-state index contributed by atoms with van der Waals surface area (Å²) >= 11 is 0. The maximum Gasteiger partial charge on any atom is 0.0652 e. The Bertz CT molecular complexity index is 379. The van der Waals surface area contributed by atoms with Gasteiger partial charge in [0.2, 0.25) is 0 Å². The van der Waals surface area contributed by atoms with Gasteiger partial charge in [0.05, 0.1) is 18.2 Å². The first-order chi connectivity index (χ1) is 8.80. The van der Waals surface area contributed by atoms with Crippen molar-refractivity contribution in [2.45, 2.75) is 59.6 Å². The molecule has 0 aliphatic carbocycles. The van der Waals surface area contributed by atoms with E-state index in [1.54, 1.807) is 0 Å². The second-order valence-electron chi connectivity index (χ2n) is 6.29. The summed E-state index contributed by atoms with van der Waals surface area (Å²) in [4.78, 5) is 4.69. The molecule has 0 bridgehead atoms. The summed E-state index contributed by atoms with van der Waals surface area (Å²) in [5, 5.41) is 0. The van der Waals surface area contributed by atoms with Crippen LogP contribution in [0.2, 0.25) is 0 Å². The van der Waals surface area contributed by atoms with Gasteiger partial charge in [-0.25, -0.2) is 0 Å². The summed E-state index contributed by atoms with van der Waals surface area (Å²) < 4.78 is 6.00. The van der Waals surface area contributed by atoms with Crippen LogP contribution in [0.1, 0.15) is 48.0 Å². The van der Waals surface area contributed by atoms with Gasteiger partial charge in [-0.3, -0.25) is 4.99 Å². The smallest absolute Gasteiger partial charge is 0.0652 e. The minimum absolute atomic E-state index is 0.00816. The number of rotatable bonds is 4. The van der Waals surface area contributed by atoms with Crippen LogP contribution in [0.5, 0.6) is 0 Å². The monoisotopic (exact) mass is 263 g/mol. The van der Waals surface area contributed by atoms with E-state index in [-0.39, 0.29) is 11.6 Å². The minimum atomic E-state index is 0.00816. The molecule has 1 aliphatic heterocycles. The van der Waals surface area contributed by atoms with Crippen LogP contribution in [0, 0.1) is 11.8 Å². The van der Waals surface area contributed by atoms with E-state index in [0.717, 1.165) is 18.7 Å². The lowest BCUT2D eigenvalue weighted by molar-refractivity contribution is -0.0893. The van der Waals surface area contributed by atoms with Crippen LogP contribution in [-0.2, 0) is 4.74 Å². The number of ether oxygens (including phenoxy) is 1. The van der Waals surface area contributed by atoms with E-state index in [2.05, 4.69) is 59.2 Å². The van der Waals surface area contributed by atoms with Gasteiger partial charge in [-0.05, 0) is 52.5 Å². The second-order valence-corrected chi connectivity index (χ2v) is 6.29. The number of hydrogen-bond donors (Lipinski definition) is 0. The summed E-state index contributed by atoms with van der Waals surface area (Å²) in [6.45, 7) is 17.5. The predicted molar refractivity (Wildman–Crippen MR) is 83.8 cm³/mol. The Labute approximate surface area is 118 Å². The van der Waals surface area contributed by atoms with Crippen molar-refractivity contribution in [3.63, 3.8) is 0 Å². The van der Waals surface area contributed by atoms with Crippen LogP contribution in [0.4, 0.5) is 0 Å². The van der Waals surface area contributed by atoms with Crippen molar-refractivity contribution in [1.29, 1.82) is 0 Å². The first-order valence-electron chi connectivity index (χ1n) is 7.28. The van der Waals surface area contributed by atoms with Crippen molar-refractivity contribution >= 4 is 5.71 Å². The third-order valence-electron chi connectivity index (χ3n) is 4.02. The molecular weight excluding hydrogens is 234 g/mol. The number of hydrogen-bond acceptors (Lipinski definition) is 2. The van der Waals surface area contributed by atoms with E-state index in [1.807, 2.05) is 6.08 Å². The second kappa shape index (κ2) is 6.51. The molecule has 1 aliphatic rings. The quantitative estimate of drug-likeness (QED) is 0.543. The Balaban J connectivity index is 2.88. The highest BCUT2D eigenvalue weighted by Crippen LogP contribution is 2.36. The van der Waals surface area contributed by atoms with E-state index in [0.29, 0.717) is 11.8 Å². The lowest BCUT2D eigenvalue weighted by Crippen LogP contribution is -2.40. The average Bonchev–Trinajstić information content (AvgIpc) is 2.31. The van der Waals surface area contributed by atoms with Gasteiger partial charge in [-0.2, -0.15) is 0 Å². The van der Waals surface area contributed by atoms with E-state index in [1.165, 1.54) is 5.57 Å². The van der Waals surface area contributed by atoms with Gasteiger partial charge in [0.1, 0.15) is 0 Å². The zero-order valence-corrected chi connectivity index (χ0v) is 13.4. The van der Waals surface area contributed by atoms with Crippen molar-refractivity contribution in [3.8, 4) is 0 Å². The fraction of sp³-hybridized carbons (Fsp3) is 0.706. The largest absolute Gasteiger partial charge is 0.375 e. The zero-order chi connectivity index (χ0) is 14.6. The molecule has 1 fully saturated rings. The summed E-state index contributed by atoms with van der Waals surface area (Å²) in [6, 6.07) is 0.172. The molecule has 0 radical (unpaired) electrons. The molecule has 1 heterocycles. The van der Waals surface area contributed by atoms with Crippen molar-refractivity contribution in [2.24, 2.45) is 16.8 Å². The molecule has 1 rings (SSSR count). The Morgan fingerprint density at radius 3 is 2.58 bits per heavy atom. The fourth-order valence-electron chi connectivity index (χ4n) is 2.98. The molecule has 0 N–H and O–H groups in total. The normalized spacial score (nSPS) is 30.0. The standard InChI is InChI=1S/C17H29NO/c1-8-13(4)18-14(5)15(9-2)16-11-19-17(6,7)10-12(16)3/h8-9,12-13,16H,1,10-11H2,2-7H3/b15-9+,18-14?/t12-,13?,16?/m1/s1. The number of allylic oxidation sites excluding steroid dienone is 1. The summed E-state index contributed by atoms with van der Waals surface area (Å²) in [5.74, 6) is 1.08. The first kappa shape index (κ1) is 16.2. The highest BCUT2D eigenvalue weighted by Gasteiger charge is 2.35. The third-order valence-corrected chi connectivity index (χ3v) is 4.02.